The van der Waals surface area contributed by atoms with E-state index in [9.17, 15) is 9.18 Å². The molecule has 0 spiro atoms. The lowest BCUT2D eigenvalue weighted by Gasteiger charge is -2.40. The lowest BCUT2D eigenvalue weighted by molar-refractivity contribution is -0.162. The van der Waals surface area contributed by atoms with E-state index in [2.05, 4.69) is 0 Å². The van der Waals surface area contributed by atoms with Gasteiger partial charge in [0.1, 0.15) is 11.1 Å². The van der Waals surface area contributed by atoms with Gasteiger partial charge in [0.15, 0.2) is 0 Å². The number of halogens is 1. The summed E-state index contributed by atoms with van der Waals surface area (Å²) in [5.74, 6) is -0.972. The van der Waals surface area contributed by atoms with Crippen LogP contribution in [-0.4, -0.2) is 16.7 Å². The molecule has 0 heterocycles. The Morgan fingerprint density at radius 3 is 2.00 bits per heavy atom. The summed E-state index contributed by atoms with van der Waals surface area (Å²) in [6.07, 6.45) is 3.65. The van der Waals surface area contributed by atoms with E-state index < -0.39 is 17.1 Å². The van der Waals surface area contributed by atoms with Crippen molar-refractivity contribution in [3.63, 3.8) is 0 Å². The lowest BCUT2D eigenvalue weighted by atomic mass is 9.65. The highest BCUT2D eigenvalue weighted by Gasteiger charge is 2.52. The van der Waals surface area contributed by atoms with Crippen molar-refractivity contribution in [3.8, 4) is 0 Å². The normalized spacial score (nSPS) is 22.7. The van der Waals surface area contributed by atoms with Crippen molar-refractivity contribution >= 4 is 5.97 Å². The first-order valence-corrected chi connectivity index (χ1v) is 4.82. The Morgan fingerprint density at radius 1 is 1.31 bits per heavy atom. The first kappa shape index (κ1) is 10.5. The molecule has 1 fully saturated rings. The van der Waals surface area contributed by atoms with Crippen molar-refractivity contribution in [2.75, 3.05) is 0 Å². The highest BCUT2D eigenvalue weighted by atomic mass is 19.1. The van der Waals surface area contributed by atoms with Crippen LogP contribution in [0.25, 0.3) is 0 Å². The van der Waals surface area contributed by atoms with Crippen LogP contribution in [0.5, 0.6) is 0 Å². The first-order chi connectivity index (χ1) is 5.90. The Morgan fingerprint density at radius 2 is 1.77 bits per heavy atom. The number of rotatable bonds is 2. The van der Waals surface area contributed by atoms with Gasteiger partial charge >= 0.3 is 5.97 Å². The van der Waals surface area contributed by atoms with Gasteiger partial charge in [0.2, 0.25) is 0 Å². The second-order valence-corrected chi connectivity index (χ2v) is 4.42. The summed E-state index contributed by atoms with van der Waals surface area (Å²) in [4.78, 5) is 11.1. The molecular formula is C10H17FO2. The SMILES string of the molecule is CC(C)(F)C1(C(=O)O)CCCCC1. The summed E-state index contributed by atoms with van der Waals surface area (Å²) in [6, 6.07) is 0. The molecule has 0 aromatic rings. The molecule has 0 radical (unpaired) electrons. The molecule has 1 N–H and O–H groups in total. The van der Waals surface area contributed by atoms with Gasteiger partial charge in [-0.15, -0.1) is 0 Å². The Kier molecular flexibility index (Phi) is 2.64. The largest absolute Gasteiger partial charge is 0.481 e. The van der Waals surface area contributed by atoms with Crippen molar-refractivity contribution in [1.29, 1.82) is 0 Å². The van der Waals surface area contributed by atoms with Crippen LogP contribution in [0.15, 0.2) is 0 Å². The number of hydrogen-bond acceptors (Lipinski definition) is 1. The maximum atomic E-state index is 13.8. The molecular weight excluding hydrogens is 171 g/mol. The Labute approximate surface area is 78.1 Å². The third-order valence-corrected chi connectivity index (χ3v) is 3.25. The number of carboxylic acids is 1. The van der Waals surface area contributed by atoms with Gasteiger partial charge in [-0.25, -0.2) is 4.39 Å². The molecule has 76 valence electrons. The van der Waals surface area contributed by atoms with Crippen LogP contribution in [0.3, 0.4) is 0 Å². The summed E-state index contributed by atoms with van der Waals surface area (Å²) >= 11 is 0. The van der Waals surface area contributed by atoms with Crippen LogP contribution in [-0.2, 0) is 4.79 Å². The molecule has 13 heavy (non-hydrogen) atoms. The second kappa shape index (κ2) is 3.28. The van der Waals surface area contributed by atoms with E-state index in [4.69, 9.17) is 5.11 Å². The molecule has 0 aliphatic heterocycles. The summed E-state index contributed by atoms with van der Waals surface area (Å²) in [7, 11) is 0. The van der Waals surface area contributed by atoms with Crippen LogP contribution >= 0.6 is 0 Å². The van der Waals surface area contributed by atoms with E-state index in [1.54, 1.807) is 0 Å². The predicted molar refractivity (Wildman–Crippen MR) is 48.3 cm³/mol. The fraction of sp³-hybridized carbons (Fsp3) is 0.900. The van der Waals surface area contributed by atoms with Crippen LogP contribution in [0, 0.1) is 5.41 Å². The first-order valence-electron chi connectivity index (χ1n) is 4.82. The van der Waals surface area contributed by atoms with Crippen LogP contribution < -0.4 is 0 Å². The number of hydrogen-bond donors (Lipinski definition) is 1. The van der Waals surface area contributed by atoms with Crippen LogP contribution in [0.2, 0.25) is 0 Å². The summed E-state index contributed by atoms with van der Waals surface area (Å²) in [5, 5.41) is 9.08. The zero-order valence-electron chi connectivity index (χ0n) is 8.27. The average molecular weight is 188 g/mol. The predicted octanol–water partition coefficient (Wildman–Crippen LogP) is 2.77. The molecule has 1 aliphatic rings. The topological polar surface area (TPSA) is 37.3 Å². The maximum Gasteiger partial charge on any atom is 0.312 e. The van der Waals surface area contributed by atoms with E-state index in [0.29, 0.717) is 12.8 Å². The monoisotopic (exact) mass is 188 g/mol. The van der Waals surface area contributed by atoms with E-state index >= 15 is 0 Å². The van der Waals surface area contributed by atoms with Gasteiger partial charge in [0, 0.05) is 0 Å². The quantitative estimate of drug-likeness (QED) is 0.723. The van der Waals surface area contributed by atoms with Gasteiger partial charge in [0.25, 0.3) is 0 Å². The second-order valence-electron chi connectivity index (χ2n) is 4.42. The zero-order chi connectivity index (χ0) is 10.1. The molecule has 2 nitrogen and oxygen atoms in total. The lowest BCUT2D eigenvalue weighted by Crippen LogP contribution is -2.47. The van der Waals surface area contributed by atoms with Gasteiger partial charge < -0.3 is 5.11 Å². The van der Waals surface area contributed by atoms with E-state index in [1.807, 2.05) is 0 Å². The van der Waals surface area contributed by atoms with E-state index in [-0.39, 0.29) is 0 Å². The molecule has 0 aromatic carbocycles. The van der Waals surface area contributed by atoms with E-state index in [1.165, 1.54) is 13.8 Å². The van der Waals surface area contributed by atoms with Crippen molar-refractivity contribution < 1.29 is 14.3 Å². The highest BCUT2D eigenvalue weighted by molar-refractivity contribution is 5.76. The minimum atomic E-state index is -1.61. The Balaban J connectivity index is 2.93. The summed E-state index contributed by atoms with van der Waals surface area (Å²) < 4.78 is 13.8. The van der Waals surface area contributed by atoms with Crippen molar-refractivity contribution in [1.82, 2.24) is 0 Å². The van der Waals surface area contributed by atoms with Gasteiger partial charge in [-0.3, -0.25) is 4.79 Å². The third-order valence-electron chi connectivity index (χ3n) is 3.25. The smallest absolute Gasteiger partial charge is 0.312 e. The molecule has 0 amide bonds. The van der Waals surface area contributed by atoms with Crippen molar-refractivity contribution in [3.05, 3.63) is 0 Å². The maximum absolute atomic E-state index is 13.8. The zero-order valence-corrected chi connectivity index (χ0v) is 8.27. The van der Waals surface area contributed by atoms with Crippen molar-refractivity contribution in [2.45, 2.75) is 51.6 Å². The molecule has 3 heteroatoms. The summed E-state index contributed by atoms with van der Waals surface area (Å²) in [6.45, 7) is 2.76. The fourth-order valence-corrected chi connectivity index (χ4v) is 2.22. The number of aliphatic carboxylic acids is 1. The molecule has 1 rings (SSSR count). The van der Waals surface area contributed by atoms with Crippen LogP contribution in [0.4, 0.5) is 4.39 Å². The highest BCUT2D eigenvalue weighted by Crippen LogP contribution is 2.46. The van der Waals surface area contributed by atoms with Gasteiger partial charge in [-0.05, 0) is 26.7 Å². The Hall–Kier alpha value is -0.600. The molecule has 1 aliphatic carbocycles. The molecule has 0 bridgehead atoms. The fourth-order valence-electron chi connectivity index (χ4n) is 2.22. The molecule has 0 atom stereocenters. The molecule has 0 unspecified atom stereocenters. The number of carbonyl (C=O) groups is 1. The number of alkyl halides is 1. The van der Waals surface area contributed by atoms with E-state index in [0.717, 1.165) is 19.3 Å². The molecule has 0 aromatic heterocycles. The summed E-state index contributed by atoms with van der Waals surface area (Å²) in [5.41, 5.74) is -2.75. The minimum Gasteiger partial charge on any atom is -0.481 e. The third kappa shape index (κ3) is 1.69. The van der Waals surface area contributed by atoms with Crippen LogP contribution in [0.1, 0.15) is 46.0 Å². The number of carboxylic acid groups (broad SMARTS) is 1. The molecule has 0 saturated heterocycles. The van der Waals surface area contributed by atoms with Gasteiger partial charge in [0.05, 0.1) is 0 Å². The van der Waals surface area contributed by atoms with Crippen molar-refractivity contribution in [2.24, 2.45) is 5.41 Å². The molecule has 1 saturated carbocycles. The standard InChI is InChI=1S/C10H17FO2/c1-9(2,11)10(8(12)13)6-4-3-5-7-10/h3-7H2,1-2H3,(H,12,13). The van der Waals surface area contributed by atoms with Gasteiger partial charge in [-0.1, -0.05) is 19.3 Å². The average Bonchev–Trinajstić information content (AvgIpc) is 2.03. The minimum absolute atomic E-state index is 0.478. The van der Waals surface area contributed by atoms with Gasteiger partial charge in [-0.2, -0.15) is 0 Å². The Bertz CT molecular complexity index is 199.